The Balaban J connectivity index is 1.69. The second kappa shape index (κ2) is 8.39. The molecule has 0 aliphatic rings. The molecule has 7 nitrogen and oxygen atoms in total. The molecular formula is C21H20N2O5. The van der Waals surface area contributed by atoms with Gasteiger partial charge in [0.25, 0.3) is 5.91 Å². The first kappa shape index (κ1) is 19.2. The minimum Gasteiger partial charge on any atom is -0.495 e. The van der Waals surface area contributed by atoms with E-state index in [-0.39, 0.29) is 5.69 Å². The highest BCUT2D eigenvalue weighted by Gasteiger charge is 2.24. The Morgan fingerprint density at radius 1 is 1.07 bits per heavy atom. The van der Waals surface area contributed by atoms with E-state index in [2.05, 4.69) is 10.3 Å². The second-order valence-corrected chi connectivity index (χ2v) is 6.03. The van der Waals surface area contributed by atoms with Crippen LogP contribution >= 0.6 is 0 Å². The molecule has 0 unspecified atom stereocenters. The van der Waals surface area contributed by atoms with Crippen molar-refractivity contribution in [3.8, 4) is 17.2 Å². The number of para-hydroxylation sites is 2. The van der Waals surface area contributed by atoms with Crippen LogP contribution in [0.5, 0.6) is 5.75 Å². The van der Waals surface area contributed by atoms with Crippen LogP contribution in [0.25, 0.3) is 11.5 Å². The van der Waals surface area contributed by atoms with E-state index in [9.17, 15) is 9.59 Å². The lowest BCUT2D eigenvalue weighted by atomic mass is 10.2. The van der Waals surface area contributed by atoms with Crippen LogP contribution in [0.2, 0.25) is 0 Å². The van der Waals surface area contributed by atoms with Gasteiger partial charge in [-0.05, 0) is 38.1 Å². The number of carbonyl (C=O) groups is 2. The number of hydrogen-bond donors (Lipinski definition) is 1. The number of hydrogen-bond acceptors (Lipinski definition) is 6. The number of aryl methyl sites for hydroxylation is 1. The Hall–Kier alpha value is -3.61. The van der Waals surface area contributed by atoms with Crippen molar-refractivity contribution >= 4 is 17.6 Å². The fourth-order valence-electron chi connectivity index (χ4n) is 2.54. The van der Waals surface area contributed by atoms with Crippen molar-refractivity contribution in [1.29, 1.82) is 0 Å². The maximum absolute atomic E-state index is 12.5. The average molecular weight is 380 g/mol. The minimum absolute atomic E-state index is 0.0378. The molecule has 0 bridgehead atoms. The van der Waals surface area contributed by atoms with Gasteiger partial charge in [0, 0.05) is 5.56 Å². The first-order chi connectivity index (χ1) is 13.5. The van der Waals surface area contributed by atoms with Crippen LogP contribution in [0.15, 0.2) is 59.0 Å². The summed E-state index contributed by atoms with van der Waals surface area (Å²) in [5.41, 5.74) is 1.27. The fourth-order valence-corrected chi connectivity index (χ4v) is 2.54. The first-order valence-electron chi connectivity index (χ1n) is 8.67. The van der Waals surface area contributed by atoms with Gasteiger partial charge in [0.1, 0.15) is 11.5 Å². The number of oxazole rings is 1. The molecule has 1 aromatic heterocycles. The maximum atomic E-state index is 12.5. The van der Waals surface area contributed by atoms with E-state index in [0.29, 0.717) is 23.1 Å². The summed E-state index contributed by atoms with van der Waals surface area (Å²) in [4.78, 5) is 29.0. The third kappa shape index (κ3) is 4.20. The molecule has 3 aromatic rings. The molecule has 0 aliphatic carbocycles. The number of nitrogens with one attached hydrogen (secondary N) is 1. The van der Waals surface area contributed by atoms with Crippen LogP contribution in [-0.4, -0.2) is 30.1 Å². The zero-order valence-corrected chi connectivity index (χ0v) is 15.8. The van der Waals surface area contributed by atoms with Crippen LogP contribution in [0, 0.1) is 6.92 Å². The summed E-state index contributed by atoms with van der Waals surface area (Å²) in [6, 6.07) is 16.2. The smallest absolute Gasteiger partial charge is 0.361 e. The zero-order chi connectivity index (χ0) is 20.1. The van der Waals surface area contributed by atoms with Crippen LogP contribution < -0.4 is 10.1 Å². The van der Waals surface area contributed by atoms with Crippen LogP contribution in [0.1, 0.15) is 23.2 Å². The predicted molar refractivity (Wildman–Crippen MR) is 103 cm³/mol. The molecule has 144 valence electrons. The summed E-state index contributed by atoms with van der Waals surface area (Å²) in [5, 5.41) is 2.68. The lowest BCUT2D eigenvalue weighted by molar-refractivity contribution is -0.123. The van der Waals surface area contributed by atoms with Gasteiger partial charge in [0.2, 0.25) is 5.89 Å². The summed E-state index contributed by atoms with van der Waals surface area (Å²) in [5.74, 6) is -0.0695. The molecule has 0 spiro atoms. The molecular weight excluding hydrogens is 360 g/mol. The van der Waals surface area contributed by atoms with E-state index >= 15 is 0 Å². The molecule has 1 atom stereocenters. The molecule has 0 fully saturated rings. The van der Waals surface area contributed by atoms with Crippen molar-refractivity contribution < 1.29 is 23.5 Å². The van der Waals surface area contributed by atoms with E-state index in [4.69, 9.17) is 13.9 Å². The molecule has 2 aromatic carbocycles. The van der Waals surface area contributed by atoms with Gasteiger partial charge in [0.05, 0.1) is 12.8 Å². The number of carbonyl (C=O) groups excluding carboxylic acids is 2. The van der Waals surface area contributed by atoms with E-state index < -0.39 is 18.0 Å². The summed E-state index contributed by atoms with van der Waals surface area (Å²) in [6.45, 7) is 3.10. The SMILES string of the molecule is COc1ccccc1NC(=O)[C@@H](C)OC(=O)c1nc(-c2ccccc2)oc1C. The number of nitrogens with zero attached hydrogens (tertiary/aromatic N) is 1. The van der Waals surface area contributed by atoms with E-state index in [1.807, 2.05) is 30.3 Å². The van der Waals surface area contributed by atoms with Crippen molar-refractivity contribution in [1.82, 2.24) is 4.98 Å². The Labute approximate surface area is 162 Å². The van der Waals surface area contributed by atoms with Gasteiger partial charge >= 0.3 is 5.97 Å². The standard InChI is InChI=1S/C21H20N2O5/c1-13-18(23-20(27-13)15-9-5-4-6-10-15)21(25)28-14(2)19(24)22-16-11-7-8-12-17(16)26-3/h4-12,14H,1-3H3,(H,22,24)/t14-/m1/s1. The highest BCUT2D eigenvalue weighted by atomic mass is 16.5. The Bertz CT molecular complexity index is 981. The number of benzene rings is 2. The lowest BCUT2D eigenvalue weighted by Gasteiger charge is -2.14. The van der Waals surface area contributed by atoms with Crippen molar-refractivity contribution in [2.75, 3.05) is 12.4 Å². The second-order valence-electron chi connectivity index (χ2n) is 6.03. The van der Waals surface area contributed by atoms with Crippen molar-refractivity contribution in [2.45, 2.75) is 20.0 Å². The molecule has 0 saturated heterocycles. The summed E-state index contributed by atoms with van der Waals surface area (Å²) < 4.78 is 16.0. The maximum Gasteiger partial charge on any atom is 0.361 e. The molecule has 7 heteroatoms. The zero-order valence-electron chi connectivity index (χ0n) is 15.8. The molecule has 1 amide bonds. The molecule has 0 aliphatic heterocycles. The molecule has 0 radical (unpaired) electrons. The van der Waals surface area contributed by atoms with E-state index in [1.165, 1.54) is 14.0 Å². The Morgan fingerprint density at radius 3 is 2.46 bits per heavy atom. The molecule has 3 rings (SSSR count). The van der Waals surface area contributed by atoms with Crippen molar-refractivity contribution in [3.63, 3.8) is 0 Å². The largest absolute Gasteiger partial charge is 0.495 e. The Morgan fingerprint density at radius 2 is 1.75 bits per heavy atom. The average Bonchev–Trinajstić information content (AvgIpc) is 3.10. The number of amides is 1. The monoisotopic (exact) mass is 380 g/mol. The number of aromatic nitrogens is 1. The summed E-state index contributed by atoms with van der Waals surface area (Å²) in [6.07, 6.45) is -1.03. The summed E-state index contributed by atoms with van der Waals surface area (Å²) in [7, 11) is 1.51. The highest BCUT2D eigenvalue weighted by molar-refractivity contribution is 5.98. The van der Waals surface area contributed by atoms with E-state index in [0.717, 1.165) is 5.56 Å². The number of ether oxygens (including phenoxy) is 2. The Kier molecular flexibility index (Phi) is 5.74. The molecule has 0 saturated carbocycles. The highest BCUT2D eigenvalue weighted by Crippen LogP contribution is 2.24. The van der Waals surface area contributed by atoms with Crippen molar-refractivity contribution in [2.24, 2.45) is 0 Å². The quantitative estimate of drug-likeness (QED) is 0.654. The normalized spacial score (nSPS) is 11.5. The molecule has 28 heavy (non-hydrogen) atoms. The topological polar surface area (TPSA) is 90.7 Å². The van der Waals surface area contributed by atoms with Crippen LogP contribution in [0.3, 0.4) is 0 Å². The first-order valence-corrected chi connectivity index (χ1v) is 8.67. The fraction of sp³-hybridized carbons (Fsp3) is 0.190. The van der Waals surface area contributed by atoms with Crippen LogP contribution in [0.4, 0.5) is 5.69 Å². The third-order valence-electron chi connectivity index (χ3n) is 4.03. The van der Waals surface area contributed by atoms with E-state index in [1.54, 1.807) is 31.2 Å². The van der Waals surface area contributed by atoms with Gasteiger partial charge in [-0.3, -0.25) is 4.79 Å². The van der Waals surface area contributed by atoms with Gasteiger partial charge < -0.3 is 19.2 Å². The molecule has 1 N–H and O–H groups in total. The number of rotatable bonds is 6. The number of methoxy groups -OCH3 is 1. The minimum atomic E-state index is -1.03. The van der Waals surface area contributed by atoms with Gasteiger partial charge in [-0.1, -0.05) is 30.3 Å². The number of anilines is 1. The third-order valence-corrected chi connectivity index (χ3v) is 4.03. The molecule has 1 heterocycles. The predicted octanol–water partition coefficient (Wildman–Crippen LogP) is 3.84. The number of esters is 1. The van der Waals surface area contributed by atoms with Gasteiger partial charge in [0.15, 0.2) is 11.8 Å². The lowest BCUT2D eigenvalue weighted by Crippen LogP contribution is -2.30. The summed E-state index contributed by atoms with van der Waals surface area (Å²) >= 11 is 0. The van der Waals surface area contributed by atoms with Gasteiger partial charge in [-0.2, -0.15) is 0 Å². The van der Waals surface area contributed by atoms with Gasteiger partial charge in [-0.15, -0.1) is 0 Å². The van der Waals surface area contributed by atoms with Gasteiger partial charge in [-0.25, -0.2) is 9.78 Å². The van der Waals surface area contributed by atoms with Crippen LogP contribution in [-0.2, 0) is 9.53 Å². The van der Waals surface area contributed by atoms with Crippen molar-refractivity contribution in [3.05, 3.63) is 66.1 Å².